The van der Waals surface area contributed by atoms with Crippen molar-refractivity contribution in [3.8, 4) is 0 Å². The number of benzene rings is 1. The number of hydrogen-bond donors (Lipinski definition) is 0. The van der Waals surface area contributed by atoms with Crippen LogP contribution >= 0.6 is 23.4 Å². The molecule has 0 aromatic heterocycles. The topological polar surface area (TPSA) is 43.1 Å². The normalized spacial score (nSPS) is 9.92. The molecule has 3 nitrogen and oxygen atoms in total. The number of nitro benzene ring substituents is 1. The zero-order valence-corrected chi connectivity index (χ0v) is 8.35. The van der Waals surface area contributed by atoms with E-state index in [1.54, 1.807) is 12.1 Å². The molecule has 1 rings (SSSR count). The van der Waals surface area contributed by atoms with Crippen LogP contribution in [0.5, 0.6) is 0 Å². The second kappa shape index (κ2) is 5.09. The van der Waals surface area contributed by atoms with Gasteiger partial charge >= 0.3 is 0 Å². The fraction of sp³-hybridized carbons (Fsp3) is 0.250. The van der Waals surface area contributed by atoms with Gasteiger partial charge in [-0.05, 0) is 6.07 Å². The minimum absolute atomic E-state index is 0.125. The van der Waals surface area contributed by atoms with Crippen LogP contribution in [0, 0.1) is 10.1 Å². The van der Waals surface area contributed by atoms with Crippen molar-refractivity contribution in [2.75, 3.05) is 11.6 Å². The highest BCUT2D eigenvalue weighted by Gasteiger charge is 2.04. The summed E-state index contributed by atoms with van der Waals surface area (Å²) in [7, 11) is 0. The highest BCUT2D eigenvalue weighted by molar-refractivity contribution is 7.99. The second-order valence-electron chi connectivity index (χ2n) is 2.29. The molecule has 0 heterocycles. The van der Waals surface area contributed by atoms with Gasteiger partial charge < -0.3 is 0 Å². The molecule has 13 heavy (non-hydrogen) atoms. The maximum Gasteiger partial charge on any atom is 0.270 e. The third kappa shape index (κ3) is 3.24. The fourth-order valence-electron chi connectivity index (χ4n) is 0.843. The number of nitro groups is 1. The quantitative estimate of drug-likeness (QED) is 0.337. The molecule has 0 saturated heterocycles. The number of rotatable bonds is 4. The maximum absolute atomic E-state index is 10.4. The van der Waals surface area contributed by atoms with Gasteiger partial charge in [-0.25, -0.2) is 0 Å². The van der Waals surface area contributed by atoms with Crippen LogP contribution in [0.4, 0.5) is 5.69 Å². The van der Waals surface area contributed by atoms with Gasteiger partial charge in [-0.3, -0.25) is 10.1 Å². The van der Waals surface area contributed by atoms with Crippen molar-refractivity contribution in [3.05, 3.63) is 34.4 Å². The predicted molar refractivity (Wildman–Crippen MR) is 54.5 cm³/mol. The summed E-state index contributed by atoms with van der Waals surface area (Å²) in [6.45, 7) is 0. The van der Waals surface area contributed by atoms with Crippen molar-refractivity contribution in [2.24, 2.45) is 0 Å². The maximum atomic E-state index is 10.4. The lowest BCUT2D eigenvalue weighted by Crippen LogP contribution is -1.87. The molecular formula is C8H8ClNO2S. The zero-order chi connectivity index (χ0) is 9.68. The first-order chi connectivity index (χ1) is 6.24. The van der Waals surface area contributed by atoms with E-state index in [1.807, 2.05) is 6.07 Å². The third-order valence-corrected chi connectivity index (χ3v) is 2.78. The van der Waals surface area contributed by atoms with E-state index in [-0.39, 0.29) is 5.69 Å². The van der Waals surface area contributed by atoms with Crippen molar-refractivity contribution in [1.29, 1.82) is 0 Å². The van der Waals surface area contributed by atoms with Crippen LogP contribution in [0.2, 0.25) is 0 Å². The largest absolute Gasteiger partial charge is 0.270 e. The Kier molecular flexibility index (Phi) is 4.05. The van der Waals surface area contributed by atoms with Crippen molar-refractivity contribution in [1.82, 2.24) is 0 Å². The molecule has 0 radical (unpaired) electrons. The van der Waals surface area contributed by atoms with Crippen LogP contribution in [0.15, 0.2) is 29.2 Å². The fourth-order valence-corrected chi connectivity index (χ4v) is 1.77. The van der Waals surface area contributed by atoms with Crippen LogP contribution < -0.4 is 0 Å². The number of alkyl halides is 1. The van der Waals surface area contributed by atoms with E-state index >= 15 is 0 Å². The molecule has 0 saturated carbocycles. The van der Waals surface area contributed by atoms with Crippen molar-refractivity contribution < 1.29 is 4.92 Å². The Hall–Kier alpha value is -0.740. The number of nitrogens with zero attached hydrogens (tertiary/aromatic N) is 1. The van der Waals surface area contributed by atoms with Gasteiger partial charge in [0.05, 0.1) is 4.92 Å². The van der Waals surface area contributed by atoms with Gasteiger partial charge in [0, 0.05) is 28.7 Å². The van der Waals surface area contributed by atoms with E-state index in [2.05, 4.69) is 0 Å². The Morgan fingerprint density at radius 1 is 1.54 bits per heavy atom. The van der Waals surface area contributed by atoms with Crippen LogP contribution in [0.1, 0.15) is 0 Å². The van der Waals surface area contributed by atoms with Crippen molar-refractivity contribution in [3.63, 3.8) is 0 Å². The molecular weight excluding hydrogens is 210 g/mol. The molecule has 0 unspecified atom stereocenters. The molecule has 0 aliphatic carbocycles. The molecule has 0 fully saturated rings. The summed E-state index contributed by atoms with van der Waals surface area (Å²) in [5.74, 6) is 1.32. The smallest absolute Gasteiger partial charge is 0.258 e. The number of thioether (sulfide) groups is 1. The molecule has 0 amide bonds. The van der Waals surface area contributed by atoms with Crippen LogP contribution in [-0.2, 0) is 0 Å². The monoisotopic (exact) mass is 217 g/mol. The van der Waals surface area contributed by atoms with E-state index in [9.17, 15) is 10.1 Å². The number of halogens is 1. The molecule has 1 aromatic carbocycles. The number of non-ortho nitro benzene ring substituents is 1. The van der Waals surface area contributed by atoms with Crippen molar-refractivity contribution >= 4 is 29.1 Å². The second-order valence-corrected chi connectivity index (χ2v) is 3.84. The Morgan fingerprint density at radius 3 is 2.92 bits per heavy atom. The predicted octanol–water partition coefficient (Wildman–Crippen LogP) is 2.93. The lowest BCUT2D eigenvalue weighted by Gasteiger charge is -1.97. The third-order valence-electron chi connectivity index (χ3n) is 1.37. The Labute approximate surface area is 85.2 Å². The van der Waals surface area contributed by atoms with Gasteiger partial charge in [0.1, 0.15) is 0 Å². The Bertz CT molecular complexity index is 306. The molecule has 0 spiro atoms. The van der Waals surface area contributed by atoms with E-state index in [1.165, 1.54) is 17.8 Å². The molecule has 0 aliphatic rings. The van der Waals surface area contributed by atoms with Gasteiger partial charge in [0.2, 0.25) is 0 Å². The lowest BCUT2D eigenvalue weighted by atomic mass is 10.3. The molecule has 0 aliphatic heterocycles. The molecule has 0 N–H and O–H groups in total. The van der Waals surface area contributed by atoms with Gasteiger partial charge in [0.15, 0.2) is 0 Å². The first-order valence-electron chi connectivity index (χ1n) is 3.67. The number of hydrogen-bond acceptors (Lipinski definition) is 3. The van der Waals surface area contributed by atoms with Gasteiger partial charge in [0.25, 0.3) is 5.69 Å². The van der Waals surface area contributed by atoms with E-state index < -0.39 is 4.92 Å². The van der Waals surface area contributed by atoms with Crippen LogP contribution in [0.3, 0.4) is 0 Å². The van der Waals surface area contributed by atoms with E-state index in [0.717, 1.165) is 10.6 Å². The summed E-state index contributed by atoms with van der Waals surface area (Å²) < 4.78 is 0. The highest BCUT2D eigenvalue weighted by Crippen LogP contribution is 2.22. The summed E-state index contributed by atoms with van der Waals surface area (Å²) in [4.78, 5) is 10.9. The van der Waals surface area contributed by atoms with Crippen molar-refractivity contribution in [2.45, 2.75) is 4.90 Å². The van der Waals surface area contributed by atoms with E-state index in [4.69, 9.17) is 11.6 Å². The Balaban J connectivity index is 2.73. The van der Waals surface area contributed by atoms with Crippen LogP contribution in [-0.4, -0.2) is 16.6 Å². The zero-order valence-electron chi connectivity index (χ0n) is 6.77. The summed E-state index contributed by atoms with van der Waals surface area (Å²) in [6, 6.07) is 6.54. The van der Waals surface area contributed by atoms with Crippen LogP contribution in [0.25, 0.3) is 0 Å². The van der Waals surface area contributed by atoms with Gasteiger partial charge in [-0.1, -0.05) is 6.07 Å². The molecule has 0 atom stereocenters. The first kappa shape index (κ1) is 10.3. The minimum atomic E-state index is -0.398. The standard InChI is InChI=1S/C8H8ClNO2S/c9-4-5-13-8-3-1-2-7(6-8)10(11)12/h1-3,6H,4-5H2. The summed E-state index contributed by atoms with van der Waals surface area (Å²) in [6.07, 6.45) is 0. The summed E-state index contributed by atoms with van der Waals surface area (Å²) in [5, 5.41) is 10.4. The first-order valence-corrected chi connectivity index (χ1v) is 5.19. The molecule has 70 valence electrons. The summed E-state index contributed by atoms with van der Waals surface area (Å²) >= 11 is 7.01. The minimum Gasteiger partial charge on any atom is -0.258 e. The molecule has 0 bridgehead atoms. The molecule has 1 aromatic rings. The average Bonchev–Trinajstić information content (AvgIpc) is 2.15. The van der Waals surface area contributed by atoms with Gasteiger partial charge in [-0.15, -0.1) is 23.4 Å². The molecule has 5 heteroatoms. The lowest BCUT2D eigenvalue weighted by molar-refractivity contribution is -0.385. The average molecular weight is 218 g/mol. The summed E-state index contributed by atoms with van der Waals surface area (Å²) in [5.41, 5.74) is 0.125. The highest BCUT2D eigenvalue weighted by atomic mass is 35.5. The van der Waals surface area contributed by atoms with Gasteiger partial charge in [-0.2, -0.15) is 0 Å². The SMILES string of the molecule is O=[N+]([O-])c1cccc(SCCCl)c1. The Morgan fingerprint density at radius 2 is 2.31 bits per heavy atom. The van der Waals surface area contributed by atoms with E-state index in [0.29, 0.717) is 5.88 Å².